The van der Waals surface area contributed by atoms with Gasteiger partial charge in [-0.05, 0) is 49.8 Å². The fourth-order valence-electron chi connectivity index (χ4n) is 2.43. The van der Waals surface area contributed by atoms with Gasteiger partial charge in [0.2, 0.25) is 0 Å². The Morgan fingerprint density at radius 1 is 1.26 bits per heavy atom. The van der Waals surface area contributed by atoms with E-state index in [-0.39, 0.29) is 23.0 Å². The number of carbonyl (C=O) groups is 1. The van der Waals surface area contributed by atoms with E-state index in [2.05, 4.69) is 5.32 Å². The van der Waals surface area contributed by atoms with E-state index in [1.54, 1.807) is 0 Å². The molecule has 1 aromatic carbocycles. The van der Waals surface area contributed by atoms with Crippen LogP contribution in [0, 0.1) is 5.92 Å². The van der Waals surface area contributed by atoms with Gasteiger partial charge in [-0.1, -0.05) is 0 Å². The molecule has 0 atom stereocenters. The second kappa shape index (κ2) is 5.93. The predicted octanol–water partition coefficient (Wildman–Crippen LogP) is 1.35. The van der Waals surface area contributed by atoms with Crippen LogP contribution in [0.1, 0.15) is 36.0 Å². The van der Waals surface area contributed by atoms with E-state index < -0.39 is 0 Å². The molecule has 1 saturated carbocycles. The van der Waals surface area contributed by atoms with Crippen molar-refractivity contribution in [2.75, 3.05) is 6.54 Å². The Morgan fingerprint density at radius 2 is 1.95 bits per heavy atom. The molecule has 0 radical (unpaired) electrons. The average Bonchev–Trinajstić information content (AvgIpc) is 2.40. The van der Waals surface area contributed by atoms with Gasteiger partial charge < -0.3 is 21.3 Å². The Kier molecular flexibility index (Phi) is 4.27. The molecule has 5 N–H and O–H groups in total. The van der Waals surface area contributed by atoms with E-state index in [9.17, 15) is 15.0 Å². The number of hydrogen-bond acceptors (Lipinski definition) is 4. The van der Waals surface area contributed by atoms with Crippen molar-refractivity contribution in [1.29, 1.82) is 0 Å². The van der Waals surface area contributed by atoms with Crippen LogP contribution in [0.3, 0.4) is 0 Å². The molecule has 1 amide bonds. The summed E-state index contributed by atoms with van der Waals surface area (Å²) in [6, 6.07) is 4.21. The highest BCUT2D eigenvalue weighted by Crippen LogP contribution is 2.24. The first-order valence-corrected chi connectivity index (χ1v) is 6.62. The molecule has 0 saturated heterocycles. The van der Waals surface area contributed by atoms with Crippen LogP contribution in [0.4, 0.5) is 0 Å². The van der Waals surface area contributed by atoms with Crippen LogP contribution in [-0.2, 0) is 0 Å². The summed E-state index contributed by atoms with van der Waals surface area (Å²) >= 11 is 0. The van der Waals surface area contributed by atoms with Crippen molar-refractivity contribution in [3.63, 3.8) is 0 Å². The van der Waals surface area contributed by atoms with Gasteiger partial charge in [-0.3, -0.25) is 4.79 Å². The Labute approximate surface area is 112 Å². The average molecular weight is 264 g/mol. The number of phenolic OH excluding ortho intramolecular Hbond substituents is 2. The first-order valence-electron chi connectivity index (χ1n) is 6.62. The van der Waals surface area contributed by atoms with E-state index in [1.807, 2.05) is 0 Å². The second-order valence-corrected chi connectivity index (χ2v) is 5.19. The Morgan fingerprint density at radius 3 is 2.63 bits per heavy atom. The summed E-state index contributed by atoms with van der Waals surface area (Å²) in [6.45, 7) is 0.584. The lowest BCUT2D eigenvalue weighted by molar-refractivity contribution is 0.0940. The third-order valence-corrected chi connectivity index (χ3v) is 3.67. The second-order valence-electron chi connectivity index (χ2n) is 5.19. The normalized spacial score (nSPS) is 23.0. The van der Waals surface area contributed by atoms with E-state index in [0.29, 0.717) is 18.5 Å². The molecule has 0 bridgehead atoms. The van der Waals surface area contributed by atoms with Gasteiger partial charge in [0.05, 0.1) is 5.56 Å². The highest BCUT2D eigenvalue weighted by molar-refractivity contribution is 5.97. The zero-order valence-corrected chi connectivity index (χ0v) is 10.8. The van der Waals surface area contributed by atoms with Gasteiger partial charge in [0.1, 0.15) is 11.5 Å². The molecule has 5 heteroatoms. The first kappa shape index (κ1) is 13.7. The SMILES string of the molecule is NC1CCC(CNC(=O)c2cc(O)ccc2O)CC1. The number of nitrogens with one attached hydrogen (secondary N) is 1. The lowest BCUT2D eigenvalue weighted by Crippen LogP contribution is -2.34. The molecule has 19 heavy (non-hydrogen) atoms. The van der Waals surface area contributed by atoms with Crippen LogP contribution in [0.5, 0.6) is 11.5 Å². The molecule has 0 spiro atoms. The van der Waals surface area contributed by atoms with Crippen molar-refractivity contribution in [2.45, 2.75) is 31.7 Å². The molecule has 1 aliphatic carbocycles. The fourth-order valence-corrected chi connectivity index (χ4v) is 2.43. The molecule has 0 heterocycles. The summed E-state index contributed by atoms with van der Waals surface area (Å²) in [5.41, 5.74) is 5.94. The maximum atomic E-state index is 11.9. The number of amides is 1. The molecular weight excluding hydrogens is 244 g/mol. The molecule has 0 aromatic heterocycles. The maximum absolute atomic E-state index is 11.9. The quantitative estimate of drug-likeness (QED) is 0.620. The highest BCUT2D eigenvalue weighted by Gasteiger charge is 2.20. The van der Waals surface area contributed by atoms with E-state index in [4.69, 9.17) is 5.73 Å². The van der Waals surface area contributed by atoms with Crippen LogP contribution >= 0.6 is 0 Å². The minimum Gasteiger partial charge on any atom is -0.508 e. The summed E-state index contributed by atoms with van der Waals surface area (Å²) < 4.78 is 0. The summed E-state index contributed by atoms with van der Waals surface area (Å²) in [5, 5.41) is 21.7. The summed E-state index contributed by atoms with van der Waals surface area (Å²) in [4.78, 5) is 11.9. The van der Waals surface area contributed by atoms with Crippen LogP contribution in [0.25, 0.3) is 0 Å². The molecule has 2 rings (SSSR count). The van der Waals surface area contributed by atoms with Gasteiger partial charge in [0.25, 0.3) is 5.91 Å². The van der Waals surface area contributed by atoms with Crippen molar-refractivity contribution >= 4 is 5.91 Å². The summed E-state index contributed by atoms with van der Waals surface area (Å²) in [7, 11) is 0. The van der Waals surface area contributed by atoms with Crippen molar-refractivity contribution in [1.82, 2.24) is 5.32 Å². The van der Waals surface area contributed by atoms with Gasteiger partial charge >= 0.3 is 0 Å². The van der Waals surface area contributed by atoms with Crippen LogP contribution in [0.2, 0.25) is 0 Å². The van der Waals surface area contributed by atoms with Crippen molar-refractivity contribution in [3.05, 3.63) is 23.8 Å². The Bertz CT molecular complexity index is 454. The zero-order chi connectivity index (χ0) is 13.8. The van der Waals surface area contributed by atoms with Crippen molar-refractivity contribution < 1.29 is 15.0 Å². The summed E-state index contributed by atoms with van der Waals surface area (Å²) in [6.07, 6.45) is 4.04. The van der Waals surface area contributed by atoms with Crippen molar-refractivity contribution in [3.8, 4) is 11.5 Å². The number of phenols is 2. The van der Waals surface area contributed by atoms with Gasteiger partial charge in [-0.15, -0.1) is 0 Å². The zero-order valence-electron chi connectivity index (χ0n) is 10.8. The van der Waals surface area contributed by atoms with Crippen molar-refractivity contribution in [2.24, 2.45) is 11.7 Å². The number of hydrogen-bond donors (Lipinski definition) is 4. The lowest BCUT2D eigenvalue weighted by atomic mass is 9.86. The fraction of sp³-hybridized carbons (Fsp3) is 0.500. The third kappa shape index (κ3) is 3.61. The van der Waals surface area contributed by atoms with Crippen LogP contribution in [0.15, 0.2) is 18.2 Å². The third-order valence-electron chi connectivity index (χ3n) is 3.67. The van der Waals surface area contributed by atoms with E-state index in [1.165, 1.54) is 18.2 Å². The standard InChI is InChI=1S/C14H20N2O3/c15-10-3-1-9(2-4-10)8-16-14(19)12-7-11(17)5-6-13(12)18/h5-7,9-10,17-18H,1-4,8,15H2,(H,16,19). The monoisotopic (exact) mass is 264 g/mol. The Balaban J connectivity index is 1.89. The molecule has 0 aliphatic heterocycles. The molecule has 104 valence electrons. The smallest absolute Gasteiger partial charge is 0.255 e. The minimum absolute atomic E-state index is 0.0356. The first-order chi connectivity index (χ1) is 9.06. The molecule has 1 aliphatic rings. The lowest BCUT2D eigenvalue weighted by Gasteiger charge is -2.26. The highest BCUT2D eigenvalue weighted by atomic mass is 16.3. The Hall–Kier alpha value is -1.75. The topological polar surface area (TPSA) is 95.6 Å². The summed E-state index contributed by atoms with van der Waals surface area (Å²) in [5.74, 6) is -0.0703. The number of benzene rings is 1. The maximum Gasteiger partial charge on any atom is 0.255 e. The van der Waals surface area contributed by atoms with Crippen LogP contribution < -0.4 is 11.1 Å². The van der Waals surface area contributed by atoms with Gasteiger partial charge in [0, 0.05) is 12.6 Å². The largest absolute Gasteiger partial charge is 0.508 e. The number of carbonyl (C=O) groups excluding carboxylic acids is 1. The molecule has 5 nitrogen and oxygen atoms in total. The van der Waals surface area contributed by atoms with E-state index >= 15 is 0 Å². The number of rotatable bonds is 3. The molecule has 1 aromatic rings. The van der Waals surface area contributed by atoms with Gasteiger partial charge in [-0.2, -0.15) is 0 Å². The molecule has 1 fully saturated rings. The number of nitrogens with two attached hydrogens (primary N) is 1. The predicted molar refractivity (Wildman–Crippen MR) is 72.0 cm³/mol. The van der Waals surface area contributed by atoms with Gasteiger partial charge in [0.15, 0.2) is 0 Å². The minimum atomic E-state index is -0.358. The van der Waals surface area contributed by atoms with E-state index in [0.717, 1.165) is 25.7 Å². The number of aromatic hydroxyl groups is 2. The van der Waals surface area contributed by atoms with Crippen LogP contribution in [-0.4, -0.2) is 28.7 Å². The molecule has 0 unspecified atom stereocenters. The molecular formula is C14H20N2O3. The van der Waals surface area contributed by atoms with Gasteiger partial charge in [-0.25, -0.2) is 0 Å².